The molecule has 2 aromatic carbocycles. The molecule has 0 saturated heterocycles. The average molecular weight is 414 g/mol. The summed E-state index contributed by atoms with van der Waals surface area (Å²) < 4.78 is 37.6. The van der Waals surface area contributed by atoms with Crippen LogP contribution < -0.4 is 14.8 Å². The molecule has 1 heterocycles. The topological polar surface area (TPSA) is 97.6 Å². The van der Waals surface area contributed by atoms with Crippen molar-refractivity contribution in [1.82, 2.24) is 4.72 Å². The Hall–Kier alpha value is -3.10. The highest BCUT2D eigenvalue weighted by molar-refractivity contribution is 7.89. The van der Waals surface area contributed by atoms with E-state index in [4.69, 9.17) is 9.15 Å². The molecule has 0 saturated carbocycles. The number of amides is 1. The Kier molecular flexibility index (Phi) is 6.69. The lowest BCUT2D eigenvalue weighted by Gasteiger charge is -2.09. The van der Waals surface area contributed by atoms with Gasteiger partial charge in [0.25, 0.3) is 5.91 Å². The van der Waals surface area contributed by atoms with Crippen LogP contribution in [0.3, 0.4) is 0 Å². The third-order valence-corrected chi connectivity index (χ3v) is 5.58. The van der Waals surface area contributed by atoms with Crippen molar-refractivity contribution in [2.45, 2.75) is 24.8 Å². The minimum Gasteiger partial charge on any atom is -0.484 e. The first-order valence-electron chi connectivity index (χ1n) is 9.10. The van der Waals surface area contributed by atoms with E-state index < -0.39 is 10.0 Å². The molecule has 0 unspecified atom stereocenters. The van der Waals surface area contributed by atoms with Gasteiger partial charge in [-0.2, -0.15) is 0 Å². The van der Waals surface area contributed by atoms with Crippen molar-refractivity contribution in [3.63, 3.8) is 0 Å². The second-order valence-corrected chi connectivity index (χ2v) is 8.03. The Labute approximate surface area is 169 Å². The average Bonchev–Trinajstić information content (AvgIpc) is 3.25. The number of nitrogens with one attached hydrogen (secondary N) is 2. The number of benzene rings is 2. The van der Waals surface area contributed by atoms with Gasteiger partial charge < -0.3 is 14.5 Å². The molecule has 2 N–H and O–H groups in total. The number of carbonyl (C=O) groups excluding carboxylic acids is 1. The summed E-state index contributed by atoms with van der Waals surface area (Å²) >= 11 is 0. The first-order chi connectivity index (χ1) is 14.0. The molecule has 0 aliphatic heterocycles. The second-order valence-electron chi connectivity index (χ2n) is 6.26. The zero-order chi connectivity index (χ0) is 20.7. The highest BCUT2D eigenvalue weighted by Gasteiger charge is 2.14. The first kappa shape index (κ1) is 20.6. The lowest BCUT2D eigenvalue weighted by Crippen LogP contribution is -2.23. The summed E-state index contributed by atoms with van der Waals surface area (Å²) in [6.45, 7) is 1.98. The molecule has 0 fully saturated rings. The van der Waals surface area contributed by atoms with E-state index in [-0.39, 0.29) is 24.0 Å². The maximum absolute atomic E-state index is 12.3. The zero-order valence-electron chi connectivity index (χ0n) is 15.9. The molecule has 0 aliphatic rings. The number of ether oxygens (including phenoxy) is 1. The smallest absolute Gasteiger partial charge is 0.262 e. The first-order valence-corrected chi connectivity index (χ1v) is 10.6. The van der Waals surface area contributed by atoms with Crippen LogP contribution in [0.2, 0.25) is 0 Å². The second kappa shape index (κ2) is 9.40. The summed E-state index contributed by atoms with van der Waals surface area (Å²) in [4.78, 5) is 12.1. The van der Waals surface area contributed by atoms with Crippen molar-refractivity contribution < 1.29 is 22.4 Å². The highest BCUT2D eigenvalue weighted by Crippen LogP contribution is 2.16. The fourth-order valence-electron chi connectivity index (χ4n) is 2.55. The van der Waals surface area contributed by atoms with E-state index in [1.165, 1.54) is 36.1 Å². The summed E-state index contributed by atoms with van der Waals surface area (Å²) in [5, 5.41) is 2.67. The molecule has 3 aromatic rings. The molecule has 3 rings (SSSR count). The number of anilines is 1. The Bertz CT molecular complexity index is 1030. The van der Waals surface area contributed by atoms with Crippen LogP contribution in [0, 0.1) is 0 Å². The minimum absolute atomic E-state index is 0.0599. The number of hydrogen-bond donors (Lipinski definition) is 2. The van der Waals surface area contributed by atoms with Gasteiger partial charge in [-0.15, -0.1) is 0 Å². The largest absolute Gasteiger partial charge is 0.484 e. The lowest BCUT2D eigenvalue weighted by molar-refractivity contribution is -0.118. The molecule has 0 radical (unpaired) electrons. The van der Waals surface area contributed by atoms with Crippen LogP contribution in [-0.4, -0.2) is 20.9 Å². The number of hydrogen-bond acceptors (Lipinski definition) is 5. The van der Waals surface area contributed by atoms with Gasteiger partial charge in [-0.25, -0.2) is 13.1 Å². The monoisotopic (exact) mass is 414 g/mol. The van der Waals surface area contributed by atoms with Crippen LogP contribution in [0.15, 0.2) is 76.2 Å². The summed E-state index contributed by atoms with van der Waals surface area (Å²) in [6.07, 6.45) is 2.41. The number of sulfonamides is 1. The van der Waals surface area contributed by atoms with E-state index in [0.29, 0.717) is 17.2 Å². The number of rotatable bonds is 9. The molecule has 0 spiro atoms. The molecule has 29 heavy (non-hydrogen) atoms. The third-order valence-electron chi connectivity index (χ3n) is 4.17. The molecule has 1 aromatic heterocycles. The normalized spacial score (nSPS) is 11.2. The summed E-state index contributed by atoms with van der Waals surface area (Å²) in [5.74, 6) is 0.791. The molecular formula is C21H22N2O5S. The Morgan fingerprint density at radius 2 is 1.76 bits per heavy atom. The van der Waals surface area contributed by atoms with Gasteiger partial charge in [0.05, 0.1) is 17.7 Å². The van der Waals surface area contributed by atoms with Gasteiger partial charge in [0, 0.05) is 5.69 Å². The van der Waals surface area contributed by atoms with Crippen molar-refractivity contribution in [2.75, 3.05) is 11.9 Å². The van der Waals surface area contributed by atoms with Gasteiger partial charge in [-0.05, 0) is 60.5 Å². The number of furan rings is 1. The van der Waals surface area contributed by atoms with Crippen molar-refractivity contribution in [3.8, 4) is 5.75 Å². The molecule has 0 bridgehead atoms. The SMILES string of the molecule is CCc1ccc(OCC(=O)Nc2ccc(S(=O)(=O)NCc3ccco3)cc2)cc1. The molecule has 8 heteroatoms. The maximum atomic E-state index is 12.3. The predicted octanol–water partition coefficient (Wildman–Crippen LogP) is 3.34. The van der Waals surface area contributed by atoms with Crippen molar-refractivity contribution in [2.24, 2.45) is 0 Å². The minimum atomic E-state index is -3.68. The van der Waals surface area contributed by atoms with Crippen LogP contribution in [-0.2, 0) is 27.8 Å². The van der Waals surface area contributed by atoms with Gasteiger partial charge in [0.1, 0.15) is 11.5 Å². The van der Waals surface area contributed by atoms with E-state index in [0.717, 1.165) is 6.42 Å². The molecule has 0 atom stereocenters. The standard InChI is InChI=1S/C21H22N2O5S/c1-2-16-5-9-18(10-6-16)28-15-21(24)23-17-7-11-20(12-8-17)29(25,26)22-14-19-4-3-13-27-19/h3-13,22H,2,14-15H2,1H3,(H,23,24). The van der Waals surface area contributed by atoms with E-state index in [2.05, 4.69) is 17.0 Å². The molecular weight excluding hydrogens is 392 g/mol. The van der Waals surface area contributed by atoms with Crippen LogP contribution in [0.4, 0.5) is 5.69 Å². The van der Waals surface area contributed by atoms with Crippen molar-refractivity contribution >= 4 is 21.6 Å². The van der Waals surface area contributed by atoms with Crippen molar-refractivity contribution in [1.29, 1.82) is 0 Å². The van der Waals surface area contributed by atoms with Gasteiger partial charge in [-0.1, -0.05) is 19.1 Å². The number of carbonyl (C=O) groups is 1. The maximum Gasteiger partial charge on any atom is 0.262 e. The lowest BCUT2D eigenvalue weighted by atomic mass is 10.2. The quantitative estimate of drug-likeness (QED) is 0.560. The van der Waals surface area contributed by atoms with E-state index in [1.54, 1.807) is 12.1 Å². The predicted molar refractivity (Wildman–Crippen MR) is 109 cm³/mol. The van der Waals surface area contributed by atoms with Crippen molar-refractivity contribution in [3.05, 3.63) is 78.3 Å². The van der Waals surface area contributed by atoms with Gasteiger partial charge >= 0.3 is 0 Å². The Morgan fingerprint density at radius 1 is 1.03 bits per heavy atom. The fraction of sp³-hybridized carbons (Fsp3) is 0.190. The molecule has 7 nitrogen and oxygen atoms in total. The van der Waals surface area contributed by atoms with E-state index >= 15 is 0 Å². The zero-order valence-corrected chi connectivity index (χ0v) is 16.7. The van der Waals surface area contributed by atoms with E-state index in [9.17, 15) is 13.2 Å². The van der Waals surface area contributed by atoms with Crippen LogP contribution in [0.25, 0.3) is 0 Å². The van der Waals surface area contributed by atoms with Crippen LogP contribution in [0.1, 0.15) is 18.2 Å². The molecule has 0 aliphatic carbocycles. The van der Waals surface area contributed by atoms with E-state index in [1.807, 2.05) is 24.3 Å². The fourth-order valence-corrected chi connectivity index (χ4v) is 3.54. The van der Waals surface area contributed by atoms with Crippen LogP contribution in [0.5, 0.6) is 5.75 Å². The van der Waals surface area contributed by atoms with Gasteiger partial charge in [-0.3, -0.25) is 4.79 Å². The summed E-state index contributed by atoms with van der Waals surface area (Å²) in [6, 6.07) is 16.8. The third kappa shape index (κ3) is 5.94. The molecule has 152 valence electrons. The number of aryl methyl sites for hydroxylation is 1. The summed E-state index contributed by atoms with van der Waals surface area (Å²) in [7, 11) is -3.68. The Balaban J connectivity index is 1.51. The summed E-state index contributed by atoms with van der Waals surface area (Å²) in [5.41, 5.74) is 1.67. The van der Waals surface area contributed by atoms with Crippen LogP contribution >= 0.6 is 0 Å². The van der Waals surface area contributed by atoms with Gasteiger partial charge in [0.2, 0.25) is 10.0 Å². The van der Waals surface area contributed by atoms with Gasteiger partial charge in [0.15, 0.2) is 6.61 Å². The highest BCUT2D eigenvalue weighted by atomic mass is 32.2. The molecule has 1 amide bonds. The Morgan fingerprint density at radius 3 is 2.38 bits per heavy atom.